The van der Waals surface area contributed by atoms with Gasteiger partial charge in [0.05, 0.1) is 10.7 Å². The van der Waals surface area contributed by atoms with Crippen LogP contribution >= 0.6 is 0 Å². The van der Waals surface area contributed by atoms with Crippen molar-refractivity contribution in [3.05, 3.63) is 21.2 Å². The number of hydrogen-bond donors (Lipinski definition) is 1. The molecule has 1 aliphatic heterocycles. The third-order valence-corrected chi connectivity index (χ3v) is 3.90. The zero-order valence-corrected chi connectivity index (χ0v) is 10.3. The first-order chi connectivity index (χ1) is 8.25. The van der Waals surface area contributed by atoms with Gasteiger partial charge in [0, 0.05) is 6.04 Å². The number of aromatic amines is 1. The van der Waals surface area contributed by atoms with Crippen LogP contribution in [-0.2, 0) is 0 Å². The Kier molecular flexibility index (Phi) is 2.67. The molecular formula is C13H19N3O. The molecule has 4 heteroatoms. The van der Waals surface area contributed by atoms with Crippen molar-refractivity contribution in [3.63, 3.8) is 0 Å². The van der Waals surface area contributed by atoms with Crippen LogP contribution < -0.4 is 16.4 Å². The zero-order chi connectivity index (χ0) is 11.8. The lowest BCUT2D eigenvalue weighted by atomic mass is 10.1. The minimum absolute atomic E-state index is 0.0685. The van der Waals surface area contributed by atoms with Crippen LogP contribution in [0, 0.1) is 0 Å². The average Bonchev–Trinajstić information content (AvgIpc) is 2.66. The number of fused-ring (bicyclic) bond motifs is 1. The Hall–Kier alpha value is -1.29. The van der Waals surface area contributed by atoms with Crippen LogP contribution in [0.2, 0.25) is 0 Å². The highest BCUT2D eigenvalue weighted by molar-refractivity contribution is 5.33. The molecule has 0 radical (unpaired) electrons. The summed E-state index contributed by atoms with van der Waals surface area (Å²) in [5.74, 6) is 0. The normalized spacial score (nSPS) is 21.7. The molecule has 0 bridgehead atoms. The largest absolute Gasteiger partial charge is 0.326 e. The smallest absolute Gasteiger partial charge is 0.306 e. The van der Waals surface area contributed by atoms with E-state index in [-0.39, 0.29) is 5.69 Å². The Labute approximate surface area is 100 Å². The van der Waals surface area contributed by atoms with Crippen molar-refractivity contribution in [1.29, 1.82) is 0 Å². The molecule has 17 heavy (non-hydrogen) atoms. The van der Waals surface area contributed by atoms with Crippen LogP contribution in [-0.4, -0.2) is 34.6 Å². The Balaban J connectivity index is 2.04. The van der Waals surface area contributed by atoms with E-state index in [0.29, 0.717) is 6.04 Å². The molecule has 0 aromatic carbocycles. The number of nitrogens with one attached hydrogen (secondary N) is 1. The molecule has 1 aromatic rings. The molecule has 92 valence electrons. The van der Waals surface area contributed by atoms with Crippen molar-refractivity contribution < 1.29 is 0 Å². The Morgan fingerprint density at radius 1 is 1.24 bits per heavy atom. The van der Waals surface area contributed by atoms with Crippen molar-refractivity contribution in [3.8, 4) is 0 Å². The van der Waals surface area contributed by atoms with Gasteiger partial charge in [0.25, 0.3) is 0 Å². The van der Waals surface area contributed by atoms with Gasteiger partial charge >= 0.3 is 5.69 Å². The van der Waals surface area contributed by atoms with Crippen molar-refractivity contribution in [2.45, 2.75) is 31.7 Å². The number of H-pyrrole nitrogens is 1. The molecular weight excluding hydrogens is 214 g/mol. The Bertz CT molecular complexity index is 573. The Morgan fingerprint density at radius 3 is 2.71 bits per heavy atom. The summed E-state index contributed by atoms with van der Waals surface area (Å²) in [6.45, 7) is 2.17. The van der Waals surface area contributed by atoms with E-state index in [0.717, 1.165) is 49.5 Å². The van der Waals surface area contributed by atoms with Gasteiger partial charge in [-0.1, -0.05) is 12.2 Å². The van der Waals surface area contributed by atoms with Gasteiger partial charge in [-0.05, 0) is 45.8 Å². The van der Waals surface area contributed by atoms with Crippen LogP contribution in [0.15, 0.2) is 4.79 Å². The fourth-order valence-electron chi connectivity index (χ4n) is 2.91. The van der Waals surface area contributed by atoms with Gasteiger partial charge in [-0.2, -0.15) is 0 Å². The van der Waals surface area contributed by atoms with Gasteiger partial charge in [-0.15, -0.1) is 0 Å². The van der Waals surface area contributed by atoms with Crippen LogP contribution in [0.1, 0.15) is 31.7 Å². The van der Waals surface area contributed by atoms with Gasteiger partial charge in [-0.3, -0.25) is 4.57 Å². The number of nitrogens with zero attached hydrogens (tertiary/aromatic N) is 2. The SMILES string of the molecule is CN1CCC(n2c(=O)[nH]c3c2=CCCC=3)CC1. The van der Waals surface area contributed by atoms with E-state index < -0.39 is 0 Å². The van der Waals surface area contributed by atoms with E-state index >= 15 is 0 Å². The minimum atomic E-state index is 0.0685. The maximum absolute atomic E-state index is 12.0. The third-order valence-electron chi connectivity index (χ3n) is 3.90. The second-order valence-electron chi connectivity index (χ2n) is 5.12. The fraction of sp³-hybridized carbons (Fsp3) is 0.615. The molecule has 2 heterocycles. The standard InChI is InChI=1S/C13H19N3O/c1-15-8-6-10(7-9-15)16-12-5-3-2-4-11(12)14-13(16)17/h4-5,10H,2-3,6-9H2,1H3,(H,14,17). The monoisotopic (exact) mass is 233 g/mol. The molecule has 0 saturated carbocycles. The number of imidazole rings is 1. The summed E-state index contributed by atoms with van der Waals surface area (Å²) >= 11 is 0. The average molecular weight is 233 g/mol. The van der Waals surface area contributed by atoms with E-state index in [1.807, 2.05) is 4.57 Å². The number of piperidine rings is 1. The highest BCUT2D eigenvalue weighted by atomic mass is 16.1. The molecule has 3 rings (SSSR count). The van der Waals surface area contributed by atoms with E-state index in [2.05, 4.69) is 29.1 Å². The van der Waals surface area contributed by atoms with Crippen LogP contribution in [0.5, 0.6) is 0 Å². The van der Waals surface area contributed by atoms with Crippen LogP contribution in [0.25, 0.3) is 12.2 Å². The van der Waals surface area contributed by atoms with Crippen LogP contribution in [0.4, 0.5) is 0 Å². The first-order valence-corrected chi connectivity index (χ1v) is 6.45. The van der Waals surface area contributed by atoms with E-state index in [4.69, 9.17) is 0 Å². The summed E-state index contributed by atoms with van der Waals surface area (Å²) < 4.78 is 1.98. The maximum Gasteiger partial charge on any atom is 0.326 e. The maximum atomic E-state index is 12.0. The van der Waals surface area contributed by atoms with Gasteiger partial charge in [0.1, 0.15) is 0 Å². The lowest BCUT2D eigenvalue weighted by Crippen LogP contribution is -2.41. The molecule has 1 aromatic heterocycles. The van der Waals surface area contributed by atoms with Crippen molar-refractivity contribution >= 4 is 12.2 Å². The summed E-state index contributed by atoms with van der Waals surface area (Å²) in [6.07, 6.45) is 8.59. The molecule has 1 N–H and O–H groups in total. The fourth-order valence-corrected chi connectivity index (χ4v) is 2.91. The lowest BCUT2D eigenvalue weighted by molar-refractivity contribution is 0.217. The third kappa shape index (κ3) is 1.86. The van der Waals surface area contributed by atoms with E-state index in [1.165, 1.54) is 0 Å². The quantitative estimate of drug-likeness (QED) is 0.730. The lowest BCUT2D eigenvalue weighted by Gasteiger charge is -2.29. The summed E-state index contributed by atoms with van der Waals surface area (Å²) in [5, 5.41) is 2.15. The molecule has 2 aliphatic rings. The molecule has 1 fully saturated rings. The predicted octanol–water partition coefficient (Wildman–Crippen LogP) is -0.202. The highest BCUT2D eigenvalue weighted by Gasteiger charge is 2.21. The number of likely N-dealkylation sites (tertiary alicyclic amines) is 1. The molecule has 0 spiro atoms. The molecule has 4 nitrogen and oxygen atoms in total. The highest BCUT2D eigenvalue weighted by Crippen LogP contribution is 2.18. The van der Waals surface area contributed by atoms with Crippen molar-refractivity contribution in [2.75, 3.05) is 20.1 Å². The van der Waals surface area contributed by atoms with E-state index in [9.17, 15) is 4.79 Å². The minimum Gasteiger partial charge on any atom is -0.306 e. The molecule has 0 atom stereocenters. The Morgan fingerprint density at radius 2 is 1.94 bits per heavy atom. The van der Waals surface area contributed by atoms with Gasteiger partial charge in [0.15, 0.2) is 0 Å². The van der Waals surface area contributed by atoms with Gasteiger partial charge in [0.2, 0.25) is 0 Å². The van der Waals surface area contributed by atoms with Gasteiger partial charge < -0.3 is 9.88 Å². The molecule has 1 aliphatic carbocycles. The second-order valence-corrected chi connectivity index (χ2v) is 5.12. The first kappa shape index (κ1) is 10.8. The predicted molar refractivity (Wildman–Crippen MR) is 68.2 cm³/mol. The summed E-state index contributed by atoms with van der Waals surface area (Å²) in [7, 11) is 2.14. The van der Waals surface area contributed by atoms with Crippen molar-refractivity contribution in [1.82, 2.24) is 14.5 Å². The first-order valence-electron chi connectivity index (χ1n) is 6.45. The number of aromatic nitrogens is 2. The molecule has 0 unspecified atom stereocenters. The molecule has 0 amide bonds. The molecule has 1 saturated heterocycles. The zero-order valence-electron chi connectivity index (χ0n) is 10.3. The second kappa shape index (κ2) is 4.18. The summed E-state index contributed by atoms with van der Waals surface area (Å²) in [6, 6.07) is 0.376. The summed E-state index contributed by atoms with van der Waals surface area (Å²) in [4.78, 5) is 17.4. The number of rotatable bonds is 1. The topological polar surface area (TPSA) is 41.0 Å². The van der Waals surface area contributed by atoms with Crippen LogP contribution in [0.3, 0.4) is 0 Å². The summed E-state index contributed by atoms with van der Waals surface area (Å²) in [5.41, 5.74) is 0.0685. The van der Waals surface area contributed by atoms with E-state index in [1.54, 1.807) is 0 Å². The van der Waals surface area contributed by atoms with Crippen molar-refractivity contribution in [2.24, 2.45) is 0 Å². The number of hydrogen-bond acceptors (Lipinski definition) is 2. The van der Waals surface area contributed by atoms with Gasteiger partial charge in [-0.25, -0.2) is 4.79 Å².